The van der Waals surface area contributed by atoms with E-state index in [-0.39, 0.29) is 5.91 Å². The molecule has 1 fully saturated rings. The molecular formula is C22H22ClNO4S2. The van der Waals surface area contributed by atoms with Crippen molar-refractivity contribution < 1.29 is 19.0 Å². The van der Waals surface area contributed by atoms with Crippen molar-refractivity contribution in [2.45, 2.75) is 13.8 Å². The standard InChI is InChI=1S/C22H22ClNO4S2/c1-4-26-19-12-15(13-20-21(25)24(3)22(29)30-20)5-8-18(19)28-10-9-27-16-6-7-17(23)14(2)11-16/h5-8,11-13H,4,9-10H2,1-3H3/b20-13+. The van der Waals surface area contributed by atoms with Crippen LogP contribution in [0.4, 0.5) is 0 Å². The molecule has 2 aromatic rings. The molecule has 1 saturated heterocycles. The maximum Gasteiger partial charge on any atom is 0.265 e. The molecule has 0 unspecified atom stereocenters. The summed E-state index contributed by atoms with van der Waals surface area (Å²) in [7, 11) is 1.68. The quantitative estimate of drug-likeness (QED) is 0.299. The summed E-state index contributed by atoms with van der Waals surface area (Å²) < 4.78 is 17.8. The highest BCUT2D eigenvalue weighted by Gasteiger charge is 2.28. The number of carbonyl (C=O) groups excluding carboxylic acids is 1. The molecule has 1 amide bonds. The molecule has 0 aromatic heterocycles. The monoisotopic (exact) mass is 463 g/mol. The van der Waals surface area contributed by atoms with Crippen molar-refractivity contribution >= 4 is 51.9 Å². The van der Waals surface area contributed by atoms with Crippen LogP contribution in [-0.4, -0.2) is 42.0 Å². The normalized spacial score (nSPS) is 15.1. The van der Waals surface area contributed by atoms with Crippen molar-refractivity contribution in [1.82, 2.24) is 4.90 Å². The Hall–Kier alpha value is -2.22. The molecule has 0 spiro atoms. The Bertz CT molecular complexity index is 993. The van der Waals surface area contributed by atoms with Crippen molar-refractivity contribution in [3.63, 3.8) is 0 Å². The Labute approximate surface area is 190 Å². The molecule has 2 aromatic carbocycles. The van der Waals surface area contributed by atoms with E-state index in [1.165, 1.54) is 16.7 Å². The van der Waals surface area contributed by atoms with Gasteiger partial charge in [0.2, 0.25) is 0 Å². The van der Waals surface area contributed by atoms with Gasteiger partial charge in [0.05, 0.1) is 11.5 Å². The second kappa shape index (κ2) is 10.2. The van der Waals surface area contributed by atoms with Crippen LogP contribution >= 0.6 is 35.6 Å². The van der Waals surface area contributed by atoms with E-state index in [1.54, 1.807) is 13.1 Å². The number of benzene rings is 2. The highest BCUT2D eigenvalue weighted by Crippen LogP contribution is 2.34. The number of thioether (sulfide) groups is 1. The van der Waals surface area contributed by atoms with Gasteiger partial charge in [-0.1, -0.05) is 41.6 Å². The fourth-order valence-corrected chi connectivity index (χ4v) is 4.01. The summed E-state index contributed by atoms with van der Waals surface area (Å²) in [4.78, 5) is 14.3. The highest BCUT2D eigenvalue weighted by molar-refractivity contribution is 8.26. The number of hydrogen-bond donors (Lipinski definition) is 0. The molecule has 8 heteroatoms. The van der Waals surface area contributed by atoms with E-state index in [4.69, 9.17) is 38.0 Å². The number of aryl methyl sites for hydroxylation is 1. The van der Waals surface area contributed by atoms with Crippen LogP contribution in [0.25, 0.3) is 6.08 Å². The minimum Gasteiger partial charge on any atom is -0.490 e. The molecule has 158 valence electrons. The van der Waals surface area contributed by atoms with Crippen LogP contribution in [0, 0.1) is 6.92 Å². The maximum absolute atomic E-state index is 12.2. The minimum absolute atomic E-state index is 0.0992. The average Bonchev–Trinajstić information content (AvgIpc) is 2.96. The number of amides is 1. The van der Waals surface area contributed by atoms with Crippen molar-refractivity contribution in [2.75, 3.05) is 26.9 Å². The molecule has 0 aliphatic carbocycles. The summed E-state index contributed by atoms with van der Waals surface area (Å²) in [5, 5.41) is 0.709. The highest BCUT2D eigenvalue weighted by atomic mass is 35.5. The van der Waals surface area contributed by atoms with E-state index in [0.717, 1.165) is 16.9 Å². The van der Waals surface area contributed by atoms with Gasteiger partial charge in [-0.05, 0) is 61.4 Å². The number of halogens is 1. The number of likely N-dealkylation sites (N-methyl/N-ethyl adjacent to an activating group) is 1. The smallest absolute Gasteiger partial charge is 0.265 e. The molecule has 0 atom stereocenters. The van der Waals surface area contributed by atoms with Gasteiger partial charge < -0.3 is 14.2 Å². The number of ether oxygens (including phenoxy) is 3. The summed E-state index contributed by atoms with van der Waals surface area (Å²) in [6.07, 6.45) is 1.81. The Morgan fingerprint density at radius 3 is 2.53 bits per heavy atom. The molecular weight excluding hydrogens is 442 g/mol. The average molecular weight is 464 g/mol. The SMILES string of the molecule is CCOc1cc(/C=C2/SC(=S)N(C)C2=O)ccc1OCCOc1ccc(Cl)c(C)c1. The van der Waals surface area contributed by atoms with E-state index < -0.39 is 0 Å². The Morgan fingerprint density at radius 1 is 1.10 bits per heavy atom. The summed E-state index contributed by atoms with van der Waals surface area (Å²) in [6.45, 7) is 5.07. The molecule has 30 heavy (non-hydrogen) atoms. The lowest BCUT2D eigenvalue weighted by atomic mass is 10.2. The Morgan fingerprint density at radius 2 is 1.87 bits per heavy atom. The summed E-state index contributed by atoms with van der Waals surface area (Å²) in [5.41, 5.74) is 1.80. The third-order valence-electron chi connectivity index (χ3n) is 4.29. The van der Waals surface area contributed by atoms with E-state index in [9.17, 15) is 4.79 Å². The van der Waals surface area contributed by atoms with Gasteiger partial charge in [-0.15, -0.1) is 0 Å². The van der Waals surface area contributed by atoms with E-state index in [1.807, 2.05) is 50.2 Å². The molecule has 1 aliphatic heterocycles. The lowest BCUT2D eigenvalue weighted by Crippen LogP contribution is -2.22. The van der Waals surface area contributed by atoms with Crippen molar-refractivity contribution in [3.05, 3.63) is 57.5 Å². The summed E-state index contributed by atoms with van der Waals surface area (Å²) >= 11 is 12.5. The van der Waals surface area contributed by atoms with Gasteiger partial charge >= 0.3 is 0 Å². The molecule has 0 bridgehead atoms. The van der Waals surface area contributed by atoms with Crippen molar-refractivity contribution in [3.8, 4) is 17.2 Å². The Kier molecular flexibility index (Phi) is 7.64. The van der Waals surface area contributed by atoms with Gasteiger partial charge in [0.15, 0.2) is 11.5 Å². The zero-order valence-corrected chi connectivity index (χ0v) is 19.3. The molecule has 0 radical (unpaired) electrons. The van der Waals surface area contributed by atoms with Crippen molar-refractivity contribution in [1.29, 1.82) is 0 Å². The summed E-state index contributed by atoms with van der Waals surface area (Å²) in [6, 6.07) is 11.1. The zero-order chi connectivity index (χ0) is 21.7. The van der Waals surface area contributed by atoms with Gasteiger partial charge in [-0.3, -0.25) is 9.69 Å². The minimum atomic E-state index is -0.0992. The van der Waals surface area contributed by atoms with Crippen LogP contribution in [0.2, 0.25) is 5.02 Å². The Balaban J connectivity index is 1.64. The number of thiocarbonyl (C=S) groups is 1. The fraction of sp³-hybridized carbons (Fsp3) is 0.273. The van der Waals surface area contributed by atoms with Gasteiger partial charge in [0.25, 0.3) is 5.91 Å². The maximum atomic E-state index is 12.2. The number of rotatable bonds is 8. The second-order valence-electron chi connectivity index (χ2n) is 6.49. The van der Waals surface area contributed by atoms with Crippen LogP contribution in [0.1, 0.15) is 18.1 Å². The second-order valence-corrected chi connectivity index (χ2v) is 8.57. The predicted molar refractivity (Wildman–Crippen MR) is 126 cm³/mol. The topological polar surface area (TPSA) is 48.0 Å². The molecule has 0 N–H and O–H groups in total. The van der Waals surface area contributed by atoms with Crippen LogP contribution in [0.15, 0.2) is 41.3 Å². The molecule has 3 rings (SSSR count). The number of carbonyl (C=O) groups is 1. The van der Waals surface area contributed by atoms with Gasteiger partial charge in [-0.2, -0.15) is 0 Å². The third kappa shape index (κ3) is 5.47. The number of hydrogen-bond acceptors (Lipinski definition) is 6. The van der Waals surface area contributed by atoms with Crippen LogP contribution < -0.4 is 14.2 Å². The number of nitrogens with zero attached hydrogens (tertiary/aromatic N) is 1. The first-order valence-corrected chi connectivity index (χ1v) is 11.0. The molecule has 1 aliphatic rings. The molecule has 5 nitrogen and oxygen atoms in total. The van der Waals surface area contributed by atoms with Gasteiger partial charge in [0, 0.05) is 12.1 Å². The third-order valence-corrected chi connectivity index (χ3v) is 6.20. The predicted octanol–water partition coefficient (Wildman–Crippen LogP) is 5.34. The summed E-state index contributed by atoms with van der Waals surface area (Å²) in [5.74, 6) is 1.88. The lowest BCUT2D eigenvalue weighted by molar-refractivity contribution is -0.121. The largest absolute Gasteiger partial charge is 0.490 e. The first-order chi connectivity index (χ1) is 14.4. The lowest BCUT2D eigenvalue weighted by Gasteiger charge is -2.13. The van der Waals surface area contributed by atoms with E-state index in [2.05, 4.69) is 0 Å². The fourth-order valence-electron chi connectivity index (χ4n) is 2.72. The van der Waals surface area contributed by atoms with E-state index in [0.29, 0.717) is 45.6 Å². The van der Waals surface area contributed by atoms with Crippen molar-refractivity contribution in [2.24, 2.45) is 0 Å². The van der Waals surface area contributed by atoms with Crippen LogP contribution in [0.3, 0.4) is 0 Å². The first-order valence-electron chi connectivity index (χ1n) is 9.39. The van der Waals surface area contributed by atoms with E-state index >= 15 is 0 Å². The molecule has 0 saturated carbocycles. The van der Waals surface area contributed by atoms with Crippen LogP contribution in [0.5, 0.6) is 17.2 Å². The van der Waals surface area contributed by atoms with Gasteiger partial charge in [-0.25, -0.2) is 0 Å². The van der Waals surface area contributed by atoms with Crippen LogP contribution in [-0.2, 0) is 4.79 Å². The first kappa shape index (κ1) is 22.5. The zero-order valence-electron chi connectivity index (χ0n) is 16.9. The van der Waals surface area contributed by atoms with Gasteiger partial charge in [0.1, 0.15) is 23.3 Å². The molecule has 1 heterocycles.